The van der Waals surface area contributed by atoms with E-state index in [9.17, 15) is 4.79 Å². The van der Waals surface area contributed by atoms with Gasteiger partial charge in [0.25, 0.3) is 0 Å². The van der Waals surface area contributed by atoms with Gasteiger partial charge < -0.3 is 10.8 Å². The summed E-state index contributed by atoms with van der Waals surface area (Å²) >= 11 is 1.53. The number of thiazole rings is 1. The molecule has 0 bridgehead atoms. The molecule has 1 aromatic heterocycles. The maximum Gasteiger partial charge on any atom is 0.305 e. The maximum atomic E-state index is 10.5. The summed E-state index contributed by atoms with van der Waals surface area (Å²) in [6.07, 6.45) is -0.0761. The van der Waals surface area contributed by atoms with Crippen molar-refractivity contribution in [3.63, 3.8) is 0 Å². The molecular weight excluding hydrogens is 212 g/mol. The number of aromatic nitrogens is 1. The average molecular weight is 228 g/mol. The molecule has 3 N–H and O–H groups in total. The van der Waals surface area contributed by atoms with Gasteiger partial charge >= 0.3 is 5.97 Å². The minimum absolute atomic E-state index is 0.00808. The molecule has 0 radical (unpaired) electrons. The highest BCUT2D eigenvalue weighted by atomic mass is 32.1. The van der Waals surface area contributed by atoms with E-state index in [-0.39, 0.29) is 11.8 Å². The molecule has 1 aromatic rings. The monoisotopic (exact) mass is 228 g/mol. The van der Waals surface area contributed by atoms with E-state index in [0.717, 1.165) is 5.01 Å². The molecule has 0 amide bonds. The highest BCUT2D eigenvalue weighted by molar-refractivity contribution is 7.09. The molecule has 0 aliphatic rings. The Bertz CT molecular complexity index is 355. The summed E-state index contributed by atoms with van der Waals surface area (Å²) in [5, 5.41) is 11.4. The third-order valence-electron chi connectivity index (χ3n) is 1.94. The summed E-state index contributed by atoms with van der Waals surface area (Å²) in [6.45, 7) is 6.20. The van der Waals surface area contributed by atoms with Crippen molar-refractivity contribution in [2.75, 3.05) is 0 Å². The van der Waals surface area contributed by atoms with Gasteiger partial charge in [0.1, 0.15) is 0 Å². The lowest BCUT2D eigenvalue weighted by molar-refractivity contribution is -0.137. The first-order valence-corrected chi connectivity index (χ1v) is 5.62. The number of carboxylic acids is 1. The van der Waals surface area contributed by atoms with Crippen molar-refractivity contribution in [3.8, 4) is 0 Å². The summed E-state index contributed by atoms with van der Waals surface area (Å²) < 4.78 is 0. The number of nitrogens with zero attached hydrogens (tertiary/aromatic N) is 1. The van der Waals surface area contributed by atoms with Gasteiger partial charge in [0.15, 0.2) is 0 Å². The molecule has 1 rings (SSSR count). The van der Waals surface area contributed by atoms with Crippen LogP contribution in [-0.4, -0.2) is 16.1 Å². The van der Waals surface area contributed by atoms with E-state index < -0.39 is 12.0 Å². The SMILES string of the molecule is CC(C)(C)c1nc([C@H](N)CC(=O)O)cs1. The fourth-order valence-electron chi connectivity index (χ4n) is 1.09. The van der Waals surface area contributed by atoms with E-state index in [1.165, 1.54) is 11.3 Å². The molecule has 0 aliphatic heterocycles. The van der Waals surface area contributed by atoms with Crippen molar-refractivity contribution in [2.24, 2.45) is 5.73 Å². The predicted molar refractivity (Wildman–Crippen MR) is 60.0 cm³/mol. The molecule has 84 valence electrons. The largest absolute Gasteiger partial charge is 0.481 e. The number of hydrogen-bond donors (Lipinski definition) is 2. The van der Waals surface area contributed by atoms with Crippen LogP contribution in [0.15, 0.2) is 5.38 Å². The zero-order valence-corrected chi connectivity index (χ0v) is 9.97. The zero-order chi connectivity index (χ0) is 11.6. The topological polar surface area (TPSA) is 76.2 Å². The van der Waals surface area contributed by atoms with Crippen LogP contribution in [-0.2, 0) is 10.2 Å². The molecule has 0 unspecified atom stereocenters. The molecule has 15 heavy (non-hydrogen) atoms. The van der Waals surface area contributed by atoms with E-state index in [2.05, 4.69) is 25.8 Å². The summed E-state index contributed by atoms with van der Waals surface area (Å²) in [6, 6.07) is -0.505. The second-order valence-electron chi connectivity index (χ2n) is 4.53. The van der Waals surface area contributed by atoms with Gasteiger partial charge in [-0.3, -0.25) is 4.79 Å². The molecule has 4 nitrogen and oxygen atoms in total. The predicted octanol–water partition coefficient (Wildman–Crippen LogP) is 1.92. The highest BCUT2D eigenvalue weighted by Crippen LogP contribution is 2.27. The van der Waals surface area contributed by atoms with Crippen LogP contribution >= 0.6 is 11.3 Å². The summed E-state index contributed by atoms with van der Waals surface area (Å²) in [5.41, 5.74) is 6.38. The first-order chi connectivity index (χ1) is 6.80. The van der Waals surface area contributed by atoms with Gasteiger partial charge in [-0.15, -0.1) is 11.3 Å². The fourth-order valence-corrected chi connectivity index (χ4v) is 2.07. The number of carbonyl (C=O) groups is 1. The summed E-state index contributed by atoms with van der Waals surface area (Å²) in [4.78, 5) is 14.8. The lowest BCUT2D eigenvalue weighted by atomic mass is 9.98. The Morgan fingerprint density at radius 3 is 2.67 bits per heavy atom. The second-order valence-corrected chi connectivity index (χ2v) is 5.39. The standard InChI is InChI=1S/C10H16N2O2S/c1-10(2,3)9-12-7(5-15-9)6(11)4-8(13)14/h5-6H,4,11H2,1-3H3,(H,13,14)/t6-/m1/s1. The van der Waals surface area contributed by atoms with Crippen molar-refractivity contribution < 1.29 is 9.90 Å². The van der Waals surface area contributed by atoms with E-state index in [4.69, 9.17) is 10.8 Å². The Labute approximate surface area is 93.1 Å². The van der Waals surface area contributed by atoms with Crippen LogP contribution in [0.4, 0.5) is 0 Å². The second kappa shape index (κ2) is 4.28. The van der Waals surface area contributed by atoms with Crippen molar-refractivity contribution in [1.29, 1.82) is 0 Å². The van der Waals surface area contributed by atoms with Crippen LogP contribution in [0, 0.1) is 0 Å². The van der Waals surface area contributed by atoms with Crippen molar-refractivity contribution in [3.05, 3.63) is 16.1 Å². The minimum Gasteiger partial charge on any atom is -0.481 e. The van der Waals surface area contributed by atoms with Gasteiger partial charge in [-0.2, -0.15) is 0 Å². The number of hydrogen-bond acceptors (Lipinski definition) is 4. The van der Waals surface area contributed by atoms with Crippen LogP contribution in [0.2, 0.25) is 0 Å². The lowest BCUT2D eigenvalue weighted by Crippen LogP contribution is -2.16. The van der Waals surface area contributed by atoms with Crippen LogP contribution in [0.5, 0.6) is 0 Å². The highest BCUT2D eigenvalue weighted by Gasteiger charge is 2.20. The Kier molecular flexibility index (Phi) is 3.46. The summed E-state index contributed by atoms with van der Waals surface area (Å²) in [5.74, 6) is -0.896. The average Bonchev–Trinajstić information content (AvgIpc) is 2.48. The van der Waals surface area contributed by atoms with Crippen molar-refractivity contribution in [1.82, 2.24) is 4.98 Å². The molecule has 0 aliphatic carbocycles. The Hall–Kier alpha value is -0.940. The zero-order valence-electron chi connectivity index (χ0n) is 9.15. The number of aliphatic carboxylic acids is 1. The first-order valence-electron chi connectivity index (χ1n) is 4.74. The van der Waals surface area contributed by atoms with E-state index >= 15 is 0 Å². The Morgan fingerprint density at radius 2 is 2.27 bits per heavy atom. The van der Waals surface area contributed by atoms with Crippen molar-refractivity contribution in [2.45, 2.75) is 38.6 Å². The molecular formula is C10H16N2O2S. The maximum absolute atomic E-state index is 10.5. The molecule has 1 heterocycles. The van der Waals surface area contributed by atoms with Gasteiger partial charge in [0, 0.05) is 10.8 Å². The Morgan fingerprint density at radius 1 is 1.67 bits per heavy atom. The smallest absolute Gasteiger partial charge is 0.305 e. The third-order valence-corrected chi connectivity index (χ3v) is 3.22. The molecule has 5 heteroatoms. The van der Waals surface area contributed by atoms with Crippen LogP contribution in [0.25, 0.3) is 0 Å². The molecule has 0 aromatic carbocycles. The third kappa shape index (κ3) is 3.28. The van der Waals surface area contributed by atoms with Gasteiger partial charge in [-0.1, -0.05) is 20.8 Å². The van der Waals surface area contributed by atoms with Gasteiger partial charge in [0.2, 0.25) is 0 Å². The van der Waals surface area contributed by atoms with Crippen LogP contribution in [0.1, 0.15) is 43.9 Å². The van der Waals surface area contributed by atoms with Crippen molar-refractivity contribution >= 4 is 17.3 Å². The molecule has 1 atom stereocenters. The lowest BCUT2D eigenvalue weighted by Gasteiger charge is -2.14. The van der Waals surface area contributed by atoms with E-state index in [1.54, 1.807) is 0 Å². The molecule has 0 saturated heterocycles. The number of nitrogens with two attached hydrogens (primary N) is 1. The quantitative estimate of drug-likeness (QED) is 0.828. The molecule has 0 fully saturated rings. The van der Waals surface area contributed by atoms with Crippen LogP contribution < -0.4 is 5.73 Å². The fraction of sp³-hybridized carbons (Fsp3) is 0.600. The summed E-state index contributed by atoms with van der Waals surface area (Å²) in [7, 11) is 0. The Balaban J connectivity index is 2.80. The normalized spacial score (nSPS) is 13.9. The van der Waals surface area contributed by atoms with Gasteiger partial charge in [0.05, 0.1) is 23.2 Å². The molecule has 0 saturated carbocycles. The first kappa shape index (κ1) is 12.1. The van der Waals surface area contributed by atoms with Crippen LogP contribution in [0.3, 0.4) is 0 Å². The van der Waals surface area contributed by atoms with Gasteiger partial charge in [-0.25, -0.2) is 4.98 Å². The minimum atomic E-state index is -0.896. The van der Waals surface area contributed by atoms with E-state index in [0.29, 0.717) is 5.69 Å². The molecule has 0 spiro atoms. The van der Waals surface area contributed by atoms with Gasteiger partial charge in [-0.05, 0) is 0 Å². The number of rotatable bonds is 3. The number of carboxylic acid groups (broad SMARTS) is 1. The van der Waals surface area contributed by atoms with E-state index in [1.807, 2.05) is 5.38 Å².